The molecule has 0 unspecified atom stereocenters. The highest BCUT2D eigenvalue weighted by Gasteiger charge is 2.11. The average Bonchev–Trinajstić information content (AvgIpc) is 2.61. The second-order valence-corrected chi connectivity index (χ2v) is 6.26. The van der Waals surface area contributed by atoms with E-state index < -0.39 is 0 Å². The fourth-order valence-electron chi connectivity index (χ4n) is 2.34. The van der Waals surface area contributed by atoms with Crippen molar-refractivity contribution in [2.75, 3.05) is 19.0 Å². The molecule has 5 heteroatoms. The molecule has 25 heavy (non-hydrogen) atoms. The zero-order valence-electron chi connectivity index (χ0n) is 14.9. The zero-order valence-corrected chi connectivity index (χ0v) is 15.7. The molecule has 4 nitrogen and oxygen atoms in total. The maximum absolute atomic E-state index is 12.5. The van der Waals surface area contributed by atoms with Crippen molar-refractivity contribution in [1.29, 1.82) is 0 Å². The van der Waals surface area contributed by atoms with Gasteiger partial charge in [-0.1, -0.05) is 31.0 Å². The molecule has 0 aliphatic rings. The number of carbonyl (C=O) groups is 1. The monoisotopic (exact) mass is 361 g/mol. The van der Waals surface area contributed by atoms with E-state index in [1.54, 1.807) is 31.4 Å². The largest absolute Gasteiger partial charge is 0.496 e. The Morgan fingerprint density at radius 3 is 2.68 bits per heavy atom. The van der Waals surface area contributed by atoms with Crippen molar-refractivity contribution in [1.82, 2.24) is 0 Å². The number of amides is 1. The fraction of sp³-hybridized carbons (Fsp3) is 0.350. The molecule has 0 aromatic heterocycles. The molecule has 2 rings (SSSR count). The Kier molecular flexibility index (Phi) is 7.29. The lowest BCUT2D eigenvalue weighted by atomic mass is 10.1. The Hall–Kier alpha value is -2.04. The first-order valence-corrected chi connectivity index (χ1v) is 8.75. The Balaban J connectivity index is 2.11. The lowest BCUT2D eigenvalue weighted by Gasteiger charge is -2.12. The summed E-state index contributed by atoms with van der Waals surface area (Å²) in [5, 5.41) is 3.49. The van der Waals surface area contributed by atoms with E-state index >= 15 is 0 Å². The molecule has 0 saturated heterocycles. The number of methoxy groups -OCH3 is 1. The first-order valence-electron chi connectivity index (χ1n) is 8.37. The maximum atomic E-state index is 12.5. The second-order valence-electron chi connectivity index (χ2n) is 5.85. The van der Waals surface area contributed by atoms with Crippen LogP contribution in [0.25, 0.3) is 0 Å². The van der Waals surface area contributed by atoms with Gasteiger partial charge in [0.05, 0.1) is 13.7 Å². The Bertz CT molecular complexity index is 731. The van der Waals surface area contributed by atoms with Gasteiger partial charge in [0, 0.05) is 28.4 Å². The summed E-state index contributed by atoms with van der Waals surface area (Å²) in [5.41, 5.74) is 3.03. The summed E-state index contributed by atoms with van der Waals surface area (Å²) in [7, 11) is 1.61. The number of benzene rings is 2. The van der Waals surface area contributed by atoms with Gasteiger partial charge in [0.2, 0.25) is 0 Å². The molecule has 0 aliphatic carbocycles. The number of unbranched alkanes of at least 4 members (excludes halogenated alkanes) is 1. The van der Waals surface area contributed by atoms with E-state index in [-0.39, 0.29) is 5.91 Å². The minimum atomic E-state index is -0.197. The van der Waals surface area contributed by atoms with Gasteiger partial charge in [0.25, 0.3) is 5.91 Å². The number of hydrogen-bond acceptors (Lipinski definition) is 3. The quantitative estimate of drug-likeness (QED) is 0.655. The number of anilines is 1. The molecular formula is C20H24ClNO3. The van der Waals surface area contributed by atoms with Gasteiger partial charge in [-0.25, -0.2) is 0 Å². The number of carbonyl (C=O) groups excluding carboxylic acids is 1. The highest BCUT2D eigenvalue weighted by molar-refractivity contribution is 6.31. The van der Waals surface area contributed by atoms with Gasteiger partial charge in [-0.2, -0.15) is 0 Å². The molecule has 0 heterocycles. The van der Waals surface area contributed by atoms with Gasteiger partial charge in [-0.05, 0) is 49.2 Å². The Morgan fingerprint density at radius 2 is 2.00 bits per heavy atom. The summed E-state index contributed by atoms with van der Waals surface area (Å²) >= 11 is 6.11. The van der Waals surface area contributed by atoms with Crippen LogP contribution < -0.4 is 10.1 Å². The summed E-state index contributed by atoms with van der Waals surface area (Å²) in [6.07, 6.45) is 2.09. The minimum absolute atomic E-state index is 0.197. The van der Waals surface area contributed by atoms with Gasteiger partial charge in [-0.15, -0.1) is 0 Å². The van der Waals surface area contributed by atoms with E-state index in [0.29, 0.717) is 35.2 Å². The predicted molar refractivity (Wildman–Crippen MR) is 102 cm³/mol. The van der Waals surface area contributed by atoms with E-state index in [1.165, 1.54) is 0 Å². The minimum Gasteiger partial charge on any atom is -0.496 e. The highest BCUT2D eigenvalue weighted by atomic mass is 35.5. The molecule has 134 valence electrons. The summed E-state index contributed by atoms with van der Waals surface area (Å²) < 4.78 is 11.0. The zero-order chi connectivity index (χ0) is 18.2. The van der Waals surface area contributed by atoms with Crippen LogP contribution in [0, 0.1) is 6.92 Å². The number of ether oxygens (including phenoxy) is 2. The SMILES string of the molecule is CCCCOCc1cc(C(=O)Nc2ccc(C)c(Cl)c2)ccc1OC. The molecule has 0 radical (unpaired) electrons. The third-order valence-corrected chi connectivity index (χ3v) is 4.28. The van der Waals surface area contributed by atoms with E-state index in [1.807, 2.05) is 19.1 Å². The molecule has 1 N–H and O–H groups in total. The molecule has 2 aromatic carbocycles. The molecule has 2 aromatic rings. The topological polar surface area (TPSA) is 47.6 Å². The summed E-state index contributed by atoms with van der Waals surface area (Å²) in [6, 6.07) is 10.8. The normalized spacial score (nSPS) is 10.6. The molecular weight excluding hydrogens is 338 g/mol. The van der Waals surface area contributed by atoms with Crippen molar-refractivity contribution >= 4 is 23.2 Å². The first kappa shape index (κ1) is 19.3. The van der Waals surface area contributed by atoms with Gasteiger partial charge in [-0.3, -0.25) is 4.79 Å². The highest BCUT2D eigenvalue weighted by Crippen LogP contribution is 2.23. The Labute approximate surface area is 154 Å². The van der Waals surface area contributed by atoms with Crippen molar-refractivity contribution in [3.63, 3.8) is 0 Å². The van der Waals surface area contributed by atoms with Crippen LogP contribution in [0.5, 0.6) is 5.75 Å². The molecule has 0 saturated carbocycles. The summed E-state index contributed by atoms with van der Waals surface area (Å²) in [5.74, 6) is 0.517. The van der Waals surface area contributed by atoms with Gasteiger partial charge in [0.15, 0.2) is 0 Å². The van der Waals surface area contributed by atoms with Crippen LogP contribution in [0.3, 0.4) is 0 Å². The predicted octanol–water partition coefficient (Wildman–Crippen LogP) is 5.23. The van der Waals surface area contributed by atoms with Gasteiger partial charge in [0.1, 0.15) is 5.75 Å². The molecule has 0 fully saturated rings. The van der Waals surface area contributed by atoms with Crippen LogP contribution in [-0.4, -0.2) is 19.6 Å². The lowest BCUT2D eigenvalue weighted by Crippen LogP contribution is -2.12. The lowest BCUT2D eigenvalue weighted by molar-refractivity contribution is 0.102. The van der Waals surface area contributed by atoms with Crippen LogP contribution in [0.15, 0.2) is 36.4 Å². The Morgan fingerprint density at radius 1 is 1.20 bits per heavy atom. The second kappa shape index (κ2) is 9.44. The number of hydrogen-bond donors (Lipinski definition) is 1. The van der Waals surface area contributed by atoms with Crippen LogP contribution in [-0.2, 0) is 11.3 Å². The summed E-state index contributed by atoms with van der Waals surface area (Å²) in [6.45, 7) is 5.15. The third-order valence-electron chi connectivity index (χ3n) is 3.87. The number of halogens is 1. The van der Waals surface area contributed by atoms with Crippen molar-refractivity contribution in [2.24, 2.45) is 0 Å². The number of nitrogens with one attached hydrogen (secondary N) is 1. The van der Waals surface area contributed by atoms with Crippen molar-refractivity contribution < 1.29 is 14.3 Å². The average molecular weight is 362 g/mol. The van der Waals surface area contributed by atoms with Crippen molar-refractivity contribution in [3.8, 4) is 5.75 Å². The molecule has 0 atom stereocenters. The van der Waals surface area contributed by atoms with Crippen molar-refractivity contribution in [3.05, 3.63) is 58.1 Å². The molecule has 0 aliphatic heterocycles. The molecule has 0 bridgehead atoms. The summed E-state index contributed by atoms with van der Waals surface area (Å²) in [4.78, 5) is 12.5. The van der Waals surface area contributed by atoms with E-state index in [9.17, 15) is 4.79 Å². The number of aryl methyl sites for hydroxylation is 1. The smallest absolute Gasteiger partial charge is 0.255 e. The maximum Gasteiger partial charge on any atom is 0.255 e. The molecule has 1 amide bonds. The first-order chi connectivity index (χ1) is 12.0. The van der Waals surface area contributed by atoms with Gasteiger partial charge >= 0.3 is 0 Å². The van der Waals surface area contributed by atoms with Crippen LogP contribution in [0.1, 0.15) is 41.3 Å². The van der Waals surface area contributed by atoms with Crippen molar-refractivity contribution in [2.45, 2.75) is 33.3 Å². The van der Waals surface area contributed by atoms with Crippen LogP contribution in [0.2, 0.25) is 5.02 Å². The standard InChI is InChI=1S/C20H24ClNO3/c1-4-5-10-25-13-16-11-15(7-9-19(16)24-3)20(23)22-17-8-6-14(2)18(21)12-17/h6-9,11-12H,4-5,10,13H2,1-3H3,(H,22,23). The van der Waals surface area contributed by atoms with Gasteiger partial charge < -0.3 is 14.8 Å². The van der Waals surface area contributed by atoms with E-state index in [0.717, 1.165) is 24.0 Å². The fourth-order valence-corrected chi connectivity index (χ4v) is 2.52. The van der Waals surface area contributed by atoms with Crippen LogP contribution >= 0.6 is 11.6 Å². The van der Waals surface area contributed by atoms with Crippen LogP contribution in [0.4, 0.5) is 5.69 Å². The van der Waals surface area contributed by atoms with E-state index in [2.05, 4.69) is 12.2 Å². The third kappa shape index (κ3) is 5.48. The molecule has 0 spiro atoms. The number of rotatable bonds is 8. The van der Waals surface area contributed by atoms with E-state index in [4.69, 9.17) is 21.1 Å².